The monoisotopic (exact) mass is 468 g/mol. The zero-order chi connectivity index (χ0) is 19.3. The summed E-state index contributed by atoms with van der Waals surface area (Å²) in [6.45, 7) is 1.41. The SMILES string of the molecule is COc1ccc(SC(F)(F)F)cc1CN[C@@H]1CCCN[C@@H]1c1ccccc1.Cl.Cl. The summed E-state index contributed by atoms with van der Waals surface area (Å²) in [7, 11) is 1.53. The van der Waals surface area contributed by atoms with E-state index in [4.69, 9.17) is 4.74 Å². The van der Waals surface area contributed by atoms with Crippen LogP contribution in [0.25, 0.3) is 0 Å². The van der Waals surface area contributed by atoms with Crippen molar-refractivity contribution in [2.24, 2.45) is 0 Å². The summed E-state index contributed by atoms with van der Waals surface area (Å²) in [6, 6.07) is 15.2. The Labute approximate surface area is 186 Å². The van der Waals surface area contributed by atoms with E-state index in [0.717, 1.165) is 24.9 Å². The smallest absolute Gasteiger partial charge is 0.446 e. The maximum Gasteiger partial charge on any atom is 0.446 e. The van der Waals surface area contributed by atoms with Gasteiger partial charge in [0, 0.05) is 29.1 Å². The summed E-state index contributed by atoms with van der Waals surface area (Å²) in [6.07, 6.45) is 2.06. The van der Waals surface area contributed by atoms with E-state index in [1.54, 1.807) is 12.1 Å². The van der Waals surface area contributed by atoms with Crippen molar-refractivity contribution in [1.82, 2.24) is 10.6 Å². The normalized spacial score (nSPS) is 19.0. The van der Waals surface area contributed by atoms with Gasteiger partial charge < -0.3 is 15.4 Å². The minimum atomic E-state index is -4.30. The van der Waals surface area contributed by atoms with Crippen LogP contribution in [0, 0.1) is 0 Å². The highest BCUT2D eigenvalue weighted by molar-refractivity contribution is 8.00. The lowest BCUT2D eigenvalue weighted by atomic mass is 9.92. The van der Waals surface area contributed by atoms with Crippen molar-refractivity contribution < 1.29 is 17.9 Å². The van der Waals surface area contributed by atoms with E-state index < -0.39 is 5.51 Å². The topological polar surface area (TPSA) is 33.3 Å². The largest absolute Gasteiger partial charge is 0.496 e. The second kappa shape index (κ2) is 11.9. The molecule has 2 N–H and O–H groups in total. The lowest BCUT2D eigenvalue weighted by Crippen LogP contribution is -2.45. The summed E-state index contributed by atoms with van der Waals surface area (Å²) in [5, 5.41) is 7.06. The summed E-state index contributed by atoms with van der Waals surface area (Å²) in [4.78, 5) is 0.168. The second-order valence-electron chi connectivity index (χ2n) is 6.49. The molecule has 0 amide bonds. The van der Waals surface area contributed by atoms with E-state index in [0.29, 0.717) is 12.3 Å². The van der Waals surface area contributed by atoms with Gasteiger partial charge in [-0.2, -0.15) is 13.2 Å². The third-order valence-corrected chi connectivity index (χ3v) is 5.38. The average molecular weight is 469 g/mol. The molecular formula is C20H25Cl2F3N2OS. The van der Waals surface area contributed by atoms with Crippen LogP contribution in [-0.4, -0.2) is 25.2 Å². The Kier molecular flexibility index (Phi) is 10.6. The number of hydrogen-bond acceptors (Lipinski definition) is 4. The van der Waals surface area contributed by atoms with Gasteiger partial charge in [-0.05, 0) is 54.9 Å². The van der Waals surface area contributed by atoms with Crippen molar-refractivity contribution in [2.75, 3.05) is 13.7 Å². The van der Waals surface area contributed by atoms with Gasteiger partial charge >= 0.3 is 5.51 Å². The molecule has 0 unspecified atom stereocenters. The molecule has 0 aliphatic carbocycles. The molecule has 1 saturated heterocycles. The number of ether oxygens (including phenoxy) is 1. The van der Waals surface area contributed by atoms with Crippen LogP contribution in [0.15, 0.2) is 53.4 Å². The van der Waals surface area contributed by atoms with Crippen LogP contribution in [0.4, 0.5) is 13.2 Å². The molecule has 9 heteroatoms. The summed E-state index contributed by atoms with van der Waals surface area (Å²) < 4.78 is 43.4. The fourth-order valence-corrected chi connectivity index (χ4v) is 4.05. The summed E-state index contributed by atoms with van der Waals surface area (Å²) >= 11 is -0.103. The number of piperidine rings is 1. The van der Waals surface area contributed by atoms with Crippen LogP contribution in [-0.2, 0) is 6.54 Å². The maximum atomic E-state index is 12.7. The number of nitrogens with one attached hydrogen (secondary N) is 2. The predicted octanol–water partition coefficient (Wildman–Crippen LogP) is 5.73. The van der Waals surface area contributed by atoms with Gasteiger partial charge in [-0.15, -0.1) is 24.8 Å². The molecule has 0 spiro atoms. The molecule has 2 atom stereocenters. The minimum absolute atomic E-state index is 0. The van der Waals surface area contributed by atoms with Gasteiger partial charge in [0.05, 0.1) is 7.11 Å². The van der Waals surface area contributed by atoms with Gasteiger partial charge in [-0.25, -0.2) is 0 Å². The molecular weight excluding hydrogens is 444 g/mol. The average Bonchev–Trinajstić information content (AvgIpc) is 2.66. The van der Waals surface area contributed by atoms with Crippen LogP contribution in [0.1, 0.15) is 30.0 Å². The Balaban J connectivity index is 0.00000210. The molecule has 0 radical (unpaired) electrons. The molecule has 2 aromatic rings. The van der Waals surface area contributed by atoms with Crippen LogP contribution in [0.5, 0.6) is 5.75 Å². The van der Waals surface area contributed by atoms with Crippen LogP contribution >= 0.6 is 36.6 Å². The number of rotatable bonds is 6. The second-order valence-corrected chi connectivity index (χ2v) is 7.63. The van der Waals surface area contributed by atoms with Crippen molar-refractivity contribution in [1.29, 1.82) is 0 Å². The highest BCUT2D eigenvalue weighted by Gasteiger charge is 2.30. The lowest BCUT2D eigenvalue weighted by molar-refractivity contribution is -0.0328. The number of methoxy groups -OCH3 is 1. The van der Waals surface area contributed by atoms with Gasteiger partial charge in [0.25, 0.3) is 0 Å². The number of halogens is 5. The maximum absolute atomic E-state index is 12.7. The number of thioether (sulfide) groups is 1. The first-order valence-electron chi connectivity index (χ1n) is 8.90. The van der Waals surface area contributed by atoms with Crippen molar-refractivity contribution in [3.63, 3.8) is 0 Å². The van der Waals surface area contributed by atoms with Gasteiger partial charge in [0.2, 0.25) is 0 Å². The summed E-state index contributed by atoms with van der Waals surface area (Å²) in [5.41, 5.74) is -2.36. The first-order valence-corrected chi connectivity index (χ1v) is 9.72. The van der Waals surface area contributed by atoms with Crippen molar-refractivity contribution in [3.05, 3.63) is 59.7 Å². The van der Waals surface area contributed by atoms with E-state index in [1.165, 1.54) is 18.7 Å². The molecule has 3 rings (SSSR count). The summed E-state index contributed by atoms with van der Waals surface area (Å²) in [5.74, 6) is 0.592. The van der Waals surface area contributed by atoms with Gasteiger partial charge in [0.15, 0.2) is 0 Å². The molecule has 1 fully saturated rings. The molecule has 1 aliphatic heterocycles. The van der Waals surface area contributed by atoms with Crippen molar-refractivity contribution in [3.8, 4) is 5.75 Å². The van der Waals surface area contributed by atoms with E-state index in [2.05, 4.69) is 22.8 Å². The predicted molar refractivity (Wildman–Crippen MR) is 116 cm³/mol. The standard InChI is InChI=1S/C20H23F3N2OS.2ClH/c1-26-18-10-9-16(27-20(21,22)23)12-15(18)13-25-17-8-5-11-24-19(17)14-6-3-2-4-7-14;;/h2-4,6-7,9-10,12,17,19,24-25H,5,8,11,13H2,1H3;2*1H/t17-,19-;;/m1../s1. The Bertz CT molecular complexity index is 750. The Morgan fingerprint density at radius 1 is 1.14 bits per heavy atom. The third kappa shape index (κ3) is 7.57. The van der Waals surface area contributed by atoms with E-state index >= 15 is 0 Å². The molecule has 0 aromatic heterocycles. The van der Waals surface area contributed by atoms with E-state index in [1.807, 2.05) is 18.2 Å². The Morgan fingerprint density at radius 3 is 2.52 bits per heavy atom. The number of hydrogen-bond donors (Lipinski definition) is 2. The zero-order valence-electron chi connectivity index (χ0n) is 15.9. The molecule has 3 nitrogen and oxygen atoms in total. The Morgan fingerprint density at radius 2 is 1.86 bits per heavy atom. The highest BCUT2D eigenvalue weighted by Crippen LogP contribution is 2.38. The first kappa shape index (κ1) is 25.9. The molecule has 1 heterocycles. The Hall–Kier alpha value is -1.12. The highest BCUT2D eigenvalue weighted by atomic mass is 35.5. The molecule has 2 aromatic carbocycles. The molecule has 1 aliphatic rings. The molecule has 29 heavy (non-hydrogen) atoms. The fraction of sp³-hybridized carbons (Fsp3) is 0.400. The fourth-order valence-electron chi connectivity index (χ4n) is 3.45. The molecule has 0 saturated carbocycles. The first-order chi connectivity index (χ1) is 13.0. The zero-order valence-corrected chi connectivity index (χ0v) is 18.3. The lowest BCUT2D eigenvalue weighted by Gasteiger charge is -2.34. The van der Waals surface area contributed by atoms with Crippen LogP contribution in [0.2, 0.25) is 0 Å². The van der Waals surface area contributed by atoms with Crippen LogP contribution < -0.4 is 15.4 Å². The number of benzene rings is 2. The van der Waals surface area contributed by atoms with E-state index in [-0.39, 0.29) is 53.6 Å². The van der Waals surface area contributed by atoms with E-state index in [9.17, 15) is 13.2 Å². The van der Waals surface area contributed by atoms with Crippen molar-refractivity contribution in [2.45, 2.75) is 41.9 Å². The molecule has 162 valence electrons. The van der Waals surface area contributed by atoms with Crippen molar-refractivity contribution >= 4 is 36.6 Å². The number of alkyl halides is 3. The van der Waals surface area contributed by atoms with Gasteiger partial charge in [-0.3, -0.25) is 0 Å². The van der Waals surface area contributed by atoms with Gasteiger partial charge in [0.1, 0.15) is 5.75 Å². The minimum Gasteiger partial charge on any atom is -0.496 e. The third-order valence-electron chi connectivity index (χ3n) is 4.66. The van der Waals surface area contributed by atoms with Crippen LogP contribution in [0.3, 0.4) is 0 Å². The quantitative estimate of drug-likeness (QED) is 0.530. The van der Waals surface area contributed by atoms with Gasteiger partial charge in [-0.1, -0.05) is 30.3 Å². The molecule has 0 bridgehead atoms.